The number of aromatic nitrogens is 3. The van der Waals surface area contributed by atoms with Gasteiger partial charge in [-0.15, -0.1) is 0 Å². The number of rotatable bonds is 3. The second-order valence-electron chi connectivity index (χ2n) is 7.98. The van der Waals surface area contributed by atoms with E-state index in [0.717, 1.165) is 54.2 Å². The van der Waals surface area contributed by atoms with Crippen LogP contribution < -0.4 is 10.2 Å². The summed E-state index contributed by atoms with van der Waals surface area (Å²) in [6.45, 7) is 2.61. The van der Waals surface area contributed by atoms with Crippen LogP contribution in [0.2, 0.25) is 5.02 Å². The van der Waals surface area contributed by atoms with E-state index in [9.17, 15) is 9.59 Å². The van der Waals surface area contributed by atoms with Crippen LogP contribution in [-0.2, 0) is 16.6 Å². The van der Waals surface area contributed by atoms with Gasteiger partial charge in [0.15, 0.2) is 0 Å². The number of carbonyl (C=O) groups is 2. The number of pyridine rings is 1. The van der Waals surface area contributed by atoms with Crippen molar-refractivity contribution in [1.82, 2.24) is 24.8 Å². The van der Waals surface area contributed by atoms with E-state index >= 15 is 0 Å². The van der Waals surface area contributed by atoms with Crippen molar-refractivity contribution in [3.8, 4) is 11.4 Å². The summed E-state index contributed by atoms with van der Waals surface area (Å²) in [7, 11) is 1.98. The molecule has 8 nitrogen and oxygen atoms in total. The second-order valence-corrected chi connectivity index (χ2v) is 8.39. The van der Waals surface area contributed by atoms with Gasteiger partial charge in [0, 0.05) is 51.0 Å². The lowest BCUT2D eigenvalue weighted by molar-refractivity contribution is -0.150. The first-order valence-corrected chi connectivity index (χ1v) is 10.8. The molecule has 0 aliphatic carbocycles. The minimum absolute atomic E-state index is 0.0846. The number of nitrogens with zero attached hydrogens (tertiary/aromatic N) is 5. The second kappa shape index (κ2) is 7.85. The van der Waals surface area contributed by atoms with Gasteiger partial charge in [0.25, 0.3) is 0 Å². The first-order chi connectivity index (χ1) is 15.0. The molecule has 2 aliphatic heterocycles. The summed E-state index contributed by atoms with van der Waals surface area (Å²) in [5.74, 6) is 0.723. The van der Waals surface area contributed by atoms with Crippen LogP contribution in [0.1, 0.15) is 12.8 Å². The SMILES string of the molecule is Cn1c(-c2cc(N3CCC(N4CCNC(=O)C4=O)CC3)ncc2Cl)nc2ccccc21. The molecule has 2 aliphatic rings. The lowest BCUT2D eigenvalue weighted by atomic mass is 10.0. The van der Waals surface area contributed by atoms with E-state index in [4.69, 9.17) is 16.6 Å². The Morgan fingerprint density at radius 3 is 2.68 bits per heavy atom. The molecule has 2 aromatic heterocycles. The zero-order valence-corrected chi connectivity index (χ0v) is 18.0. The van der Waals surface area contributed by atoms with E-state index in [-0.39, 0.29) is 6.04 Å². The highest BCUT2D eigenvalue weighted by Gasteiger charge is 2.34. The van der Waals surface area contributed by atoms with Crippen LogP contribution in [0, 0.1) is 0 Å². The van der Waals surface area contributed by atoms with Gasteiger partial charge < -0.3 is 19.7 Å². The third-order valence-electron chi connectivity index (χ3n) is 6.19. The number of fused-ring (bicyclic) bond motifs is 1. The lowest BCUT2D eigenvalue weighted by Crippen LogP contribution is -2.57. The average Bonchev–Trinajstić information content (AvgIpc) is 3.13. The summed E-state index contributed by atoms with van der Waals surface area (Å²) in [6.07, 6.45) is 3.27. The Bertz CT molecular complexity index is 1170. The van der Waals surface area contributed by atoms with Gasteiger partial charge in [0.1, 0.15) is 11.6 Å². The fourth-order valence-corrected chi connectivity index (χ4v) is 4.70. The van der Waals surface area contributed by atoms with E-state index in [2.05, 4.69) is 15.2 Å². The predicted octanol–water partition coefficient (Wildman–Crippen LogP) is 2.22. The van der Waals surface area contributed by atoms with E-state index in [0.29, 0.717) is 18.1 Å². The van der Waals surface area contributed by atoms with E-state index < -0.39 is 11.8 Å². The van der Waals surface area contributed by atoms with Crippen molar-refractivity contribution < 1.29 is 9.59 Å². The van der Waals surface area contributed by atoms with Crippen LogP contribution in [0.4, 0.5) is 5.82 Å². The maximum absolute atomic E-state index is 12.2. The van der Waals surface area contributed by atoms with Gasteiger partial charge in [0.05, 0.1) is 16.1 Å². The molecular weight excluding hydrogens is 416 g/mol. The van der Waals surface area contributed by atoms with Crippen LogP contribution >= 0.6 is 11.6 Å². The Balaban J connectivity index is 1.37. The molecule has 0 unspecified atom stereocenters. The molecule has 9 heteroatoms. The number of carbonyl (C=O) groups excluding carboxylic acids is 2. The van der Waals surface area contributed by atoms with Gasteiger partial charge in [0.2, 0.25) is 0 Å². The van der Waals surface area contributed by atoms with Crippen molar-refractivity contribution in [2.75, 3.05) is 31.1 Å². The van der Waals surface area contributed by atoms with E-state index in [1.165, 1.54) is 0 Å². The third-order valence-corrected chi connectivity index (χ3v) is 6.49. The number of imidazole rings is 1. The number of aryl methyl sites for hydroxylation is 1. The van der Waals surface area contributed by atoms with Gasteiger partial charge >= 0.3 is 11.8 Å². The number of halogens is 1. The van der Waals surface area contributed by atoms with E-state index in [1.807, 2.05) is 41.9 Å². The van der Waals surface area contributed by atoms with Crippen LogP contribution in [0.3, 0.4) is 0 Å². The molecule has 160 valence electrons. The summed E-state index contributed by atoms with van der Waals surface area (Å²) < 4.78 is 2.04. The Labute approximate surface area is 184 Å². The zero-order chi connectivity index (χ0) is 21.5. The topological polar surface area (TPSA) is 83.4 Å². The molecule has 1 aromatic carbocycles. The highest BCUT2D eigenvalue weighted by atomic mass is 35.5. The zero-order valence-electron chi connectivity index (χ0n) is 17.2. The number of hydrogen-bond acceptors (Lipinski definition) is 5. The maximum Gasteiger partial charge on any atom is 0.312 e. The largest absolute Gasteiger partial charge is 0.356 e. The number of para-hydroxylation sites is 2. The molecule has 0 radical (unpaired) electrons. The molecule has 2 amide bonds. The van der Waals surface area contributed by atoms with Crippen molar-refractivity contribution in [1.29, 1.82) is 0 Å². The van der Waals surface area contributed by atoms with Crippen molar-refractivity contribution >= 4 is 40.3 Å². The van der Waals surface area contributed by atoms with Crippen LogP contribution in [-0.4, -0.2) is 63.5 Å². The van der Waals surface area contributed by atoms with Crippen molar-refractivity contribution in [3.05, 3.63) is 41.6 Å². The quantitative estimate of drug-likeness (QED) is 0.634. The van der Waals surface area contributed by atoms with Crippen molar-refractivity contribution in [2.24, 2.45) is 7.05 Å². The molecule has 31 heavy (non-hydrogen) atoms. The molecule has 2 fully saturated rings. The molecule has 5 rings (SSSR count). The van der Waals surface area contributed by atoms with Crippen molar-refractivity contribution in [3.63, 3.8) is 0 Å². The molecule has 0 atom stereocenters. The monoisotopic (exact) mass is 438 g/mol. The molecule has 2 saturated heterocycles. The highest BCUT2D eigenvalue weighted by molar-refractivity contribution is 6.35. The summed E-state index contributed by atoms with van der Waals surface area (Å²) in [4.78, 5) is 37.1. The summed E-state index contributed by atoms with van der Waals surface area (Å²) >= 11 is 6.51. The molecule has 1 N–H and O–H groups in total. The average molecular weight is 439 g/mol. The molecule has 0 spiro atoms. The predicted molar refractivity (Wildman–Crippen MR) is 119 cm³/mol. The fraction of sp³-hybridized carbons (Fsp3) is 0.364. The van der Waals surface area contributed by atoms with Gasteiger partial charge in [-0.1, -0.05) is 23.7 Å². The Hall–Kier alpha value is -3.13. The Morgan fingerprint density at radius 1 is 1.13 bits per heavy atom. The fourth-order valence-electron chi connectivity index (χ4n) is 4.51. The number of amides is 2. The number of hydrogen-bond donors (Lipinski definition) is 1. The van der Waals surface area contributed by atoms with Gasteiger partial charge in [-0.25, -0.2) is 9.97 Å². The standard InChI is InChI=1S/C22H23ClN6O2/c1-27-18-5-3-2-4-17(18)26-20(27)15-12-19(25-13-16(15)23)28-9-6-14(7-10-28)29-11-8-24-21(30)22(29)31/h2-5,12-14H,6-11H2,1H3,(H,24,30). The normalized spacial score (nSPS) is 18.0. The first kappa shape index (κ1) is 19.8. The van der Waals surface area contributed by atoms with Gasteiger partial charge in [-0.05, 0) is 31.0 Å². The van der Waals surface area contributed by atoms with Crippen molar-refractivity contribution in [2.45, 2.75) is 18.9 Å². The summed E-state index contributed by atoms with van der Waals surface area (Å²) in [6, 6.07) is 10.1. The number of piperidine rings is 1. The first-order valence-electron chi connectivity index (χ1n) is 10.4. The minimum Gasteiger partial charge on any atom is -0.356 e. The molecular formula is C22H23ClN6O2. The lowest BCUT2D eigenvalue weighted by Gasteiger charge is -2.40. The Kier molecular flexibility index (Phi) is 5.02. The van der Waals surface area contributed by atoms with Crippen LogP contribution in [0.25, 0.3) is 22.4 Å². The van der Waals surface area contributed by atoms with Crippen LogP contribution in [0.5, 0.6) is 0 Å². The minimum atomic E-state index is -0.500. The molecule has 3 aromatic rings. The molecule has 0 bridgehead atoms. The van der Waals surface area contributed by atoms with E-state index in [1.54, 1.807) is 11.1 Å². The number of anilines is 1. The van der Waals surface area contributed by atoms with Gasteiger partial charge in [-0.2, -0.15) is 0 Å². The van der Waals surface area contributed by atoms with Crippen LogP contribution in [0.15, 0.2) is 36.5 Å². The number of nitrogens with one attached hydrogen (secondary N) is 1. The summed E-state index contributed by atoms with van der Waals surface area (Å²) in [5, 5.41) is 3.16. The molecule has 4 heterocycles. The Morgan fingerprint density at radius 2 is 1.90 bits per heavy atom. The number of benzene rings is 1. The summed E-state index contributed by atoms with van der Waals surface area (Å²) in [5.41, 5.74) is 2.81. The van der Waals surface area contributed by atoms with Gasteiger partial charge in [-0.3, -0.25) is 9.59 Å². The third kappa shape index (κ3) is 3.50. The maximum atomic E-state index is 12.2. The smallest absolute Gasteiger partial charge is 0.312 e. The molecule has 0 saturated carbocycles. The number of piperazine rings is 1. The highest BCUT2D eigenvalue weighted by Crippen LogP contribution is 2.32.